The SMILES string of the molecule is CCOc1ccccc1-c1csc(NC(=O)Cn2cnc3c(C)cccc3c2=O)n1. The highest BCUT2D eigenvalue weighted by Crippen LogP contribution is 2.32. The van der Waals surface area contributed by atoms with Crippen LogP contribution >= 0.6 is 11.3 Å². The Hall–Kier alpha value is -3.52. The molecule has 7 nitrogen and oxygen atoms in total. The minimum Gasteiger partial charge on any atom is -0.493 e. The monoisotopic (exact) mass is 420 g/mol. The Morgan fingerprint density at radius 3 is 2.87 bits per heavy atom. The summed E-state index contributed by atoms with van der Waals surface area (Å²) in [5, 5.41) is 5.57. The molecule has 1 N–H and O–H groups in total. The smallest absolute Gasteiger partial charge is 0.261 e. The molecule has 1 amide bonds. The predicted molar refractivity (Wildman–Crippen MR) is 118 cm³/mol. The molecule has 2 heterocycles. The van der Waals surface area contributed by atoms with Crippen molar-refractivity contribution in [3.63, 3.8) is 0 Å². The standard InChI is InChI=1S/C22H20N4O3S/c1-3-29-18-10-5-4-8-15(18)17-12-30-22(24-17)25-19(27)11-26-13-23-20-14(2)7-6-9-16(20)21(26)28/h4-10,12-13H,3,11H2,1-2H3,(H,24,25,27). The molecule has 0 unspecified atom stereocenters. The lowest BCUT2D eigenvalue weighted by Crippen LogP contribution is -2.28. The van der Waals surface area contributed by atoms with Gasteiger partial charge in [-0.15, -0.1) is 11.3 Å². The van der Waals surface area contributed by atoms with Gasteiger partial charge in [-0.3, -0.25) is 14.2 Å². The minimum atomic E-state index is -0.343. The van der Waals surface area contributed by atoms with Gasteiger partial charge in [-0.05, 0) is 37.6 Å². The molecule has 0 saturated carbocycles. The summed E-state index contributed by atoms with van der Waals surface area (Å²) in [5.74, 6) is 0.400. The third kappa shape index (κ3) is 3.95. The Labute approximate surface area is 177 Å². The van der Waals surface area contributed by atoms with Gasteiger partial charge in [0.15, 0.2) is 5.13 Å². The molecule has 2 aromatic carbocycles. The second-order valence-electron chi connectivity index (χ2n) is 6.66. The number of carbonyl (C=O) groups is 1. The average molecular weight is 420 g/mol. The molecular weight excluding hydrogens is 400 g/mol. The Kier molecular flexibility index (Phi) is 5.58. The number of ether oxygens (including phenoxy) is 1. The van der Waals surface area contributed by atoms with Gasteiger partial charge in [-0.2, -0.15) is 0 Å². The summed E-state index contributed by atoms with van der Waals surface area (Å²) in [6.07, 6.45) is 1.41. The average Bonchev–Trinajstić information content (AvgIpc) is 3.19. The van der Waals surface area contributed by atoms with E-state index in [-0.39, 0.29) is 18.0 Å². The number of hydrogen-bond donors (Lipinski definition) is 1. The highest BCUT2D eigenvalue weighted by Gasteiger charge is 2.13. The van der Waals surface area contributed by atoms with Crippen LogP contribution in [0.2, 0.25) is 0 Å². The maximum Gasteiger partial charge on any atom is 0.261 e. The first-order valence-corrected chi connectivity index (χ1v) is 10.4. The second-order valence-corrected chi connectivity index (χ2v) is 7.52. The molecule has 0 spiro atoms. The molecule has 0 radical (unpaired) electrons. The van der Waals surface area contributed by atoms with Gasteiger partial charge >= 0.3 is 0 Å². The summed E-state index contributed by atoms with van der Waals surface area (Å²) in [6.45, 7) is 4.24. The van der Waals surface area contributed by atoms with E-state index < -0.39 is 0 Å². The molecule has 0 atom stereocenters. The van der Waals surface area contributed by atoms with E-state index in [2.05, 4.69) is 15.3 Å². The molecular formula is C22H20N4O3S. The van der Waals surface area contributed by atoms with E-state index in [0.29, 0.717) is 22.6 Å². The number of aryl methyl sites for hydroxylation is 1. The molecule has 152 valence electrons. The summed E-state index contributed by atoms with van der Waals surface area (Å²) >= 11 is 1.32. The van der Waals surface area contributed by atoms with E-state index in [4.69, 9.17) is 4.74 Å². The van der Waals surface area contributed by atoms with Crippen molar-refractivity contribution in [2.45, 2.75) is 20.4 Å². The van der Waals surface area contributed by atoms with Gasteiger partial charge in [0.05, 0.1) is 29.5 Å². The van der Waals surface area contributed by atoms with Gasteiger partial charge in [0.1, 0.15) is 12.3 Å². The number of benzene rings is 2. The van der Waals surface area contributed by atoms with Crippen molar-refractivity contribution in [3.8, 4) is 17.0 Å². The number of aromatic nitrogens is 3. The molecule has 0 aliphatic carbocycles. The van der Waals surface area contributed by atoms with Gasteiger partial charge in [0, 0.05) is 10.9 Å². The van der Waals surface area contributed by atoms with Crippen LogP contribution in [0, 0.1) is 6.92 Å². The van der Waals surface area contributed by atoms with E-state index in [9.17, 15) is 9.59 Å². The Balaban J connectivity index is 1.52. The first-order chi connectivity index (χ1) is 14.6. The van der Waals surface area contributed by atoms with Crippen LogP contribution in [0.1, 0.15) is 12.5 Å². The van der Waals surface area contributed by atoms with Crippen LogP contribution in [0.15, 0.2) is 59.0 Å². The third-order valence-corrected chi connectivity index (χ3v) is 5.34. The zero-order valence-electron chi connectivity index (χ0n) is 16.6. The number of nitrogens with one attached hydrogen (secondary N) is 1. The van der Waals surface area contributed by atoms with Crippen molar-refractivity contribution in [1.29, 1.82) is 0 Å². The topological polar surface area (TPSA) is 86.1 Å². The fraction of sp³-hybridized carbons (Fsp3) is 0.182. The van der Waals surface area contributed by atoms with E-state index in [1.165, 1.54) is 22.2 Å². The number of anilines is 1. The largest absolute Gasteiger partial charge is 0.493 e. The van der Waals surface area contributed by atoms with Crippen LogP contribution in [-0.2, 0) is 11.3 Å². The number of thiazole rings is 1. The lowest BCUT2D eigenvalue weighted by molar-refractivity contribution is -0.116. The van der Waals surface area contributed by atoms with E-state index in [0.717, 1.165) is 22.6 Å². The molecule has 30 heavy (non-hydrogen) atoms. The predicted octanol–water partition coefficient (Wildman–Crippen LogP) is 3.87. The molecule has 0 fully saturated rings. The van der Waals surface area contributed by atoms with Crippen LogP contribution in [-0.4, -0.2) is 27.0 Å². The zero-order valence-corrected chi connectivity index (χ0v) is 17.4. The second kappa shape index (κ2) is 8.46. The van der Waals surface area contributed by atoms with Crippen molar-refractivity contribution in [2.75, 3.05) is 11.9 Å². The number of para-hydroxylation sites is 2. The third-order valence-electron chi connectivity index (χ3n) is 4.58. The summed E-state index contributed by atoms with van der Waals surface area (Å²) in [5.41, 5.74) is 2.91. The van der Waals surface area contributed by atoms with Gasteiger partial charge < -0.3 is 10.1 Å². The molecule has 8 heteroatoms. The van der Waals surface area contributed by atoms with Gasteiger partial charge in [0.25, 0.3) is 5.56 Å². The maximum absolute atomic E-state index is 12.7. The highest BCUT2D eigenvalue weighted by atomic mass is 32.1. The Morgan fingerprint density at radius 2 is 2.03 bits per heavy atom. The van der Waals surface area contributed by atoms with Crippen molar-refractivity contribution in [3.05, 3.63) is 70.1 Å². The lowest BCUT2D eigenvalue weighted by Gasteiger charge is -2.08. The fourth-order valence-electron chi connectivity index (χ4n) is 3.18. The molecule has 2 aromatic heterocycles. The number of hydrogen-bond acceptors (Lipinski definition) is 6. The van der Waals surface area contributed by atoms with Crippen LogP contribution in [0.25, 0.3) is 22.2 Å². The molecule has 0 saturated heterocycles. The van der Waals surface area contributed by atoms with Gasteiger partial charge in [-0.1, -0.05) is 24.3 Å². The number of fused-ring (bicyclic) bond motifs is 1. The first kappa shape index (κ1) is 19.8. The normalized spacial score (nSPS) is 10.9. The van der Waals surface area contributed by atoms with Crippen molar-refractivity contribution in [1.82, 2.24) is 14.5 Å². The summed E-state index contributed by atoms with van der Waals surface area (Å²) in [7, 11) is 0. The molecule has 4 rings (SSSR count). The van der Waals surface area contributed by atoms with Crippen LogP contribution in [0.5, 0.6) is 5.75 Å². The summed E-state index contributed by atoms with van der Waals surface area (Å²) in [4.78, 5) is 34.0. The Bertz CT molecular complexity index is 1280. The summed E-state index contributed by atoms with van der Waals surface area (Å²) in [6, 6.07) is 13.1. The number of amides is 1. The molecule has 0 aliphatic heterocycles. The van der Waals surface area contributed by atoms with Gasteiger partial charge in [-0.25, -0.2) is 9.97 Å². The van der Waals surface area contributed by atoms with Crippen molar-refractivity contribution in [2.24, 2.45) is 0 Å². The fourth-order valence-corrected chi connectivity index (χ4v) is 3.90. The Morgan fingerprint density at radius 1 is 1.20 bits per heavy atom. The summed E-state index contributed by atoms with van der Waals surface area (Å²) < 4.78 is 6.95. The quantitative estimate of drug-likeness (QED) is 0.512. The van der Waals surface area contributed by atoms with Crippen LogP contribution in [0.3, 0.4) is 0 Å². The van der Waals surface area contributed by atoms with Crippen molar-refractivity contribution >= 4 is 33.3 Å². The number of rotatable bonds is 6. The minimum absolute atomic E-state index is 0.139. The van der Waals surface area contributed by atoms with Crippen LogP contribution in [0.4, 0.5) is 5.13 Å². The molecule has 0 bridgehead atoms. The molecule has 4 aromatic rings. The van der Waals surface area contributed by atoms with E-state index in [1.54, 1.807) is 6.07 Å². The van der Waals surface area contributed by atoms with Crippen molar-refractivity contribution < 1.29 is 9.53 Å². The van der Waals surface area contributed by atoms with Gasteiger partial charge in [0.2, 0.25) is 5.91 Å². The first-order valence-electron chi connectivity index (χ1n) is 9.49. The highest BCUT2D eigenvalue weighted by molar-refractivity contribution is 7.14. The number of carbonyl (C=O) groups excluding carboxylic acids is 1. The van der Waals surface area contributed by atoms with Crippen LogP contribution < -0.4 is 15.6 Å². The number of nitrogens with zero attached hydrogens (tertiary/aromatic N) is 3. The zero-order chi connectivity index (χ0) is 21.1. The molecule has 0 aliphatic rings. The lowest BCUT2D eigenvalue weighted by atomic mass is 10.1. The maximum atomic E-state index is 12.7. The van der Waals surface area contributed by atoms with E-state index >= 15 is 0 Å². The van der Waals surface area contributed by atoms with E-state index in [1.807, 2.05) is 55.6 Å².